The predicted octanol–water partition coefficient (Wildman–Crippen LogP) is 2.35. The Morgan fingerprint density at radius 1 is 1.00 bits per heavy atom. The number of rotatable bonds is 7. The largest absolute Gasteiger partial charge is 0.452 e. The monoisotopic (exact) mass is 449 g/mol. The molecule has 0 aliphatic carbocycles. The first-order chi connectivity index (χ1) is 16.0. The second kappa shape index (κ2) is 9.94. The highest BCUT2D eigenvalue weighted by atomic mass is 16.6. The van der Waals surface area contributed by atoms with Gasteiger partial charge < -0.3 is 14.5 Å². The van der Waals surface area contributed by atoms with E-state index >= 15 is 0 Å². The highest BCUT2D eigenvalue weighted by Gasteiger charge is 2.23. The van der Waals surface area contributed by atoms with Gasteiger partial charge in [0.15, 0.2) is 6.61 Å². The maximum Gasteiger partial charge on any atom is 0.341 e. The third kappa shape index (κ3) is 5.53. The number of nitrogens with zero attached hydrogens (tertiary/aromatic N) is 5. The van der Waals surface area contributed by atoms with E-state index in [1.165, 1.54) is 18.3 Å². The van der Waals surface area contributed by atoms with Crippen molar-refractivity contribution < 1.29 is 19.2 Å². The van der Waals surface area contributed by atoms with Gasteiger partial charge in [-0.15, -0.1) is 0 Å². The molecule has 1 amide bonds. The Morgan fingerprint density at radius 3 is 2.36 bits per heavy atom. The standard InChI is InChI=1S/C23H23N5O5/c29-22(26-12-10-25(11-13-26)20-6-8-21(9-7-20)28(31)32)17-33-23(30)19-14-24-27(16-19)15-18-4-2-1-3-5-18/h1-9,14,16H,10-13,15,17H2. The number of hydrogen-bond donors (Lipinski definition) is 0. The van der Waals surface area contributed by atoms with Gasteiger partial charge in [-0.3, -0.25) is 19.6 Å². The second-order valence-corrected chi connectivity index (χ2v) is 7.63. The average Bonchev–Trinajstić information content (AvgIpc) is 3.31. The lowest BCUT2D eigenvalue weighted by molar-refractivity contribution is -0.384. The van der Waals surface area contributed by atoms with Crippen LogP contribution in [-0.4, -0.2) is 64.3 Å². The molecule has 2 aromatic carbocycles. The third-order valence-corrected chi connectivity index (χ3v) is 5.44. The summed E-state index contributed by atoms with van der Waals surface area (Å²) in [6.45, 7) is 2.32. The Morgan fingerprint density at radius 2 is 1.70 bits per heavy atom. The van der Waals surface area contributed by atoms with E-state index in [1.54, 1.807) is 27.9 Å². The van der Waals surface area contributed by atoms with E-state index < -0.39 is 10.9 Å². The van der Waals surface area contributed by atoms with Gasteiger partial charge in [-0.05, 0) is 17.7 Å². The van der Waals surface area contributed by atoms with Gasteiger partial charge >= 0.3 is 5.97 Å². The molecule has 0 spiro atoms. The number of non-ortho nitro benzene ring substituents is 1. The topological polar surface area (TPSA) is 111 Å². The SMILES string of the molecule is O=C(OCC(=O)N1CCN(c2ccc([N+](=O)[O-])cc2)CC1)c1cnn(Cc2ccccc2)c1. The first-order valence-electron chi connectivity index (χ1n) is 10.5. The Hall–Kier alpha value is -4.21. The van der Waals surface area contributed by atoms with Crippen molar-refractivity contribution in [2.45, 2.75) is 6.54 Å². The van der Waals surface area contributed by atoms with Crippen molar-refractivity contribution in [2.75, 3.05) is 37.7 Å². The Kier molecular flexibility index (Phi) is 6.63. The molecule has 1 aliphatic rings. The summed E-state index contributed by atoms with van der Waals surface area (Å²) >= 11 is 0. The van der Waals surface area contributed by atoms with Crippen molar-refractivity contribution in [1.82, 2.24) is 14.7 Å². The zero-order valence-corrected chi connectivity index (χ0v) is 17.9. The van der Waals surface area contributed by atoms with E-state index in [9.17, 15) is 19.7 Å². The summed E-state index contributed by atoms with van der Waals surface area (Å²) in [7, 11) is 0. The minimum atomic E-state index is -0.591. The fourth-order valence-corrected chi connectivity index (χ4v) is 3.63. The van der Waals surface area contributed by atoms with E-state index in [0.29, 0.717) is 38.3 Å². The van der Waals surface area contributed by atoms with E-state index in [4.69, 9.17) is 4.74 Å². The van der Waals surface area contributed by atoms with Crippen LogP contribution in [0, 0.1) is 10.1 Å². The van der Waals surface area contributed by atoms with E-state index in [-0.39, 0.29) is 18.2 Å². The molecule has 0 radical (unpaired) electrons. The molecule has 3 aromatic rings. The maximum absolute atomic E-state index is 12.5. The summed E-state index contributed by atoms with van der Waals surface area (Å²) in [6, 6.07) is 16.1. The molecule has 0 bridgehead atoms. The molecule has 4 rings (SSSR count). The average molecular weight is 449 g/mol. The maximum atomic E-state index is 12.5. The van der Waals surface area contributed by atoms with Crippen molar-refractivity contribution in [3.63, 3.8) is 0 Å². The second-order valence-electron chi connectivity index (χ2n) is 7.63. The van der Waals surface area contributed by atoms with Gasteiger partial charge in [-0.1, -0.05) is 30.3 Å². The van der Waals surface area contributed by atoms with Crippen LogP contribution >= 0.6 is 0 Å². The number of benzene rings is 2. The van der Waals surface area contributed by atoms with Crippen molar-refractivity contribution in [2.24, 2.45) is 0 Å². The summed E-state index contributed by atoms with van der Waals surface area (Å²) in [5.74, 6) is -0.851. The molecular formula is C23H23N5O5. The molecule has 0 saturated carbocycles. The molecular weight excluding hydrogens is 426 g/mol. The zero-order chi connectivity index (χ0) is 23.2. The minimum Gasteiger partial charge on any atom is -0.452 e. The van der Waals surface area contributed by atoms with Gasteiger partial charge in [0, 0.05) is 50.2 Å². The molecule has 1 aliphatic heterocycles. The Labute approximate surface area is 190 Å². The highest BCUT2D eigenvalue weighted by Crippen LogP contribution is 2.20. The van der Waals surface area contributed by atoms with E-state index in [1.807, 2.05) is 30.3 Å². The molecule has 1 saturated heterocycles. The summed E-state index contributed by atoms with van der Waals surface area (Å²) in [5.41, 5.74) is 2.26. The first kappa shape index (κ1) is 22.0. The molecule has 0 atom stereocenters. The van der Waals surface area contributed by atoms with Crippen LogP contribution in [0.5, 0.6) is 0 Å². The van der Waals surface area contributed by atoms with Crippen molar-refractivity contribution >= 4 is 23.3 Å². The van der Waals surface area contributed by atoms with Crippen LogP contribution in [0.3, 0.4) is 0 Å². The lowest BCUT2D eigenvalue weighted by atomic mass is 10.2. The molecule has 2 heterocycles. The van der Waals surface area contributed by atoms with E-state index in [0.717, 1.165) is 11.3 Å². The highest BCUT2D eigenvalue weighted by molar-refractivity contribution is 5.90. The number of hydrogen-bond acceptors (Lipinski definition) is 7. The van der Waals surface area contributed by atoms with Crippen molar-refractivity contribution in [1.29, 1.82) is 0 Å². The molecule has 170 valence electrons. The fourth-order valence-electron chi connectivity index (χ4n) is 3.63. The van der Waals surface area contributed by atoms with Gasteiger partial charge in [0.05, 0.1) is 23.2 Å². The van der Waals surface area contributed by atoms with Gasteiger partial charge in [0.1, 0.15) is 0 Å². The summed E-state index contributed by atoms with van der Waals surface area (Å²) in [5, 5.41) is 15.0. The van der Waals surface area contributed by atoms with Crippen LogP contribution < -0.4 is 4.90 Å². The molecule has 1 aromatic heterocycles. The molecule has 0 N–H and O–H groups in total. The van der Waals surface area contributed by atoms with Crippen LogP contribution in [-0.2, 0) is 16.1 Å². The minimum absolute atomic E-state index is 0.0417. The number of carbonyl (C=O) groups excluding carboxylic acids is 2. The van der Waals surface area contributed by atoms with Gasteiger partial charge in [0.2, 0.25) is 0 Å². The summed E-state index contributed by atoms with van der Waals surface area (Å²) in [4.78, 5) is 38.8. The Bertz CT molecular complexity index is 1120. The molecule has 10 heteroatoms. The number of piperazine rings is 1. The summed E-state index contributed by atoms with van der Waals surface area (Å²) < 4.78 is 6.84. The van der Waals surface area contributed by atoms with Gasteiger partial charge in [-0.2, -0.15) is 5.10 Å². The third-order valence-electron chi connectivity index (χ3n) is 5.44. The van der Waals surface area contributed by atoms with Crippen molar-refractivity contribution in [3.8, 4) is 0 Å². The van der Waals surface area contributed by atoms with Crippen LogP contribution in [0.2, 0.25) is 0 Å². The molecule has 10 nitrogen and oxygen atoms in total. The number of amides is 1. The molecule has 33 heavy (non-hydrogen) atoms. The number of nitro groups is 1. The van der Waals surface area contributed by atoms with E-state index in [2.05, 4.69) is 10.00 Å². The number of carbonyl (C=O) groups is 2. The van der Waals surface area contributed by atoms with Crippen molar-refractivity contribution in [3.05, 3.63) is 88.2 Å². The number of esters is 1. The fraction of sp³-hybridized carbons (Fsp3) is 0.261. The zero-order valence-electron chi connectivity index (χ0n) is 17.9. The quantitative estimate of drug-likeness (QED) is 0.309. The Balaban J connectivity index is 1.23. The predicted molar refractivity (Wildman–Crippen MR) is 120 cm³/mol. The van der Waals surface area contributed by atoms with Crippen LogP contribution in [0.25, 0.3) is 0 Å². The van der Waals surface area contributed by atoms with Gasteiger partial charge in [-0.25, -0.2) is 4.79 Å². The molecule has 0 unspecified atom stereocenters. The number of anilines is 1. The van der Waals surface area contributed by atoms with Gasteiger partial charge in [0.25, 0.3) is 11.6 Å². The molecule has 1 fully saturated rings. The van der Waals surface area contributed by atoms with Crippen LogP contribution in [0.4, 0.5) is 11.4 Å². The normalized spacial score (nSPS) is 13.6. The lowest BCUT2D eigenvalue weighted by Crippen LogP contribution is -2.49. The van der Waals surface area contributed by atoms with Crippen LogP contribution in [0.15, 0.2) is 67.0 Å². The number of nitro benzene ring substituents is 1. The first-order valence-corrected chi connectivity index (χ1v) is 10.5. The van der Waals surface area contributed by atoms with Crippen LogP contribution in [0.1, 0.15) is 15.9 Å². The number of ether oxygens (including phenoxy) is 1. The smallest absolute Gasteiger partial charge is 0.341 e. The number of aromatic nitrogens is 2. The summed E-state index contributed by atoms with van der Waals surface area (Å²) in [6.07, 6.45) is 3.03. The lowest BCUT2D eigenvalue weighted by Gasteiger charge is -2.36.